The number of aromatic nitrogens is 2. The van der Waals surface area contributed by atoms with Crippen molar-refractivity contribution < 1.29 is 17.9 Å². The molecule has 0 saturated carbocycles. The smallest absolute Gasteiger partial charge is 0.263 e. The topological polar surface area (TPSA) is 102 Å². The second-order valence-electron chi connectivity index (χ2n) is 6.89. The van der Waals surface area contributed by atoms with Gasteiger partial charge in [-0.25, -0.2) is 18.4 Å². The van der Waals surface area contributed by atoms with E-state index in [0.29, 0.717) is 39.8 Å². The molecule has 4 aromatic rings. The Hall–Kier alpha value is -3.56. The number of methoxy groups -OCH3 is 1. The van der Waals surface area contributed by atoms with Crippen LogP contribution in [0.4, 0.5) is 17.3 Å². The van der Waals surface area contributed by atoms with E-state index >= 15 is 0 Å². The van der Waals surface area contributed by atoms with Crippen LogP contribution in [0.25, 0.3) is 11.0 Å². The van der Waals surface area contributed by atoms with Gasteiger partial charge in [0.2, 0.25) is 0 Å². The number of anilines is 3. The molecule has 1 aromatic heterocycles. The molecule has 0 saturated heterocycles. The van der Waals surface area contributed by atoms with Crippen LogP contribution in [0, 0.1) is 0 Å². The molecule has 10 heteroatoms. The number of para-hydroxylation sites is 2. The minimum absolute atomic E-state index is 0.0505. The minimum atomic E-state index is -3.94. The van der Waals surface area contributed by atoms with E-state index in [1.54, 1.807) is 48.5 Å². The zero-order valence-corrected chi connectivity index (χ0v) is 19.4. The molecule has 0 radical (unpaired) electrons. The van der Waals surface area contributed by atoms with Crippen molar-refractivity contribution in [1.29, 1.82) is 0 Å². The number of ether oxygens (including phenoxy) is 2. The molecule has 1 heterocycles. The molecule has 3 aromatic carbocycles. The lowest BCUT2D eigenvalue weighted by molar-refractivity contribution is 0.340. The fraction of sp³-hybridized carbons (Fsp3) is 0.130. The number of halogens is 1. The fourth-order valence-electron chi connectivity index (χ4n) is 3.11. The van der Waals surface area contributed by atoms with Crippen LogP contribution in [0.1, 0.15) is 6.92 Å². The predicted molar refractivity (Wildman–Crippen MR) is 129 cm³/mol. The summed E-state index contributed by atoms with van der Waals surface area (Å²) in [7, 11) is -2.42. The summed E-state index contributed by atoms with van der Waals surface area (Å²) in [5, 5.41) is 3.49. The maximum atomic E-state index is 13.1. The van der Waals surface area contributed by atoms with E-state index in [-0.39, 0.29) is 16.5 Å². The second kappa shape index (κ2) is 9.51. The first-order chi connectivity index (χ1) is 15.9. The van der Waals surface area contributed by atoms with E-state index in [1.165, 1.54) is 19.2 Å². The minimum Gasteiger partial charge on any atom is -0.495 e. The van der Waals surface area contributed by atoms with Crippen molar-refractivity contribution in [1.82, 2.24) is 9.97 Å². The molecule has 170 valence electrons. The van der Waals surface area contributed by atoms with Crippen molar-refractivity contribution in [3.05, 3.63) is 71.8 Å². The van der Waals surface area contributed by atoms with E-state index in [9.17, 15) is 8.42 Å². The number of hydrogen-bond donors (Lipinski definition) is 2. The van der Waals surface area contributed by atoms with Gasteiger partial charge in [0.05, 0.1) is 34.7 Å². The molecule has 33 heavy (non-hydrogen) atoms. The fourth-order valence-corrected chi connectivity index (χ4v) is 4.37. The van der Waals surface area contributed by atoms with Crippen LogP contribution in [0.5, 0.6) is 11.5 Å². The van der Waals surface area contributed by atoms with Crippen LogP contribution >= 0.6 is 11.6 Å². The Morgan fingerprint density at radius 3 is 2.21 bits per heavy atom. The Balaban J connectivity index is 1.71. The summed E-state index contributed by atoms with van der Waals surface area (Å²) in [5.74, 6) is 1.38. The summed E-state index contributed by atoms with van der Waals surface area (Å²) in [6.45, 7) is 2.34. The highest BCUT2D eigenvalue weighted by Crippen LogP contribution is 2.31. The maximum Gasteiger partial charge on any atom is 0.263 e. The summed E-state index contributed by atoms with van der Waals surface area (Å²) in [6.07, 6.45) is 0. The van der Waals surface area contributed by atoms with Crippen LogP contribution < -0.4 is 19.5 Å². The summed E-state index contributed by atoms with van der Waals surface area (Å²) < 4.78 is 39.2. The molecule has 0 aliphatic carbocycles. The Morgan fingerprint density at radius 1 is 0.939 bits per heavy atom. The molecule has 0 bridgehead atoms. The predicted octanol–water partition coefficient (Wildman–Crippen LogP) is 5.23. The average Bonchev–Trinajstić information content (AvgIpc) is 2.80. The molecule has 4 rings (SSSR count). The molecule has 0 unspecified atom stereocenters. The third kappa shape index (κ3) is 5.10. The molecule has 2 N–H and O–H groups in total. The molecule has 0 fully saturated rings. The van der Waals surface area contributed by atoms with Crippen molar-refractivity contribution in [3.8, 4) is 11.5 Å². The van der Waals surface area contributed by atoms with Crippen LogP contribution in [-0.2, 0) is 10.0 Å². The van der Waals surface area contributed by atoms with Gasteiger partial charge in [0.25, 0.3) is 10.0 Å². The number of hydrogen-bond acceptors (Lipinski definition) is 7. The Morgan fingerprint density at radius 2 is 1.61 bits per heavy atom. The van der Waals surface area contributed by atoms with Crippen molar-refractivity contribution >= 4 is 50.0 Å². The molecule has 8 nitrogen and oxygen atoms in total. The number of sulfonamides is 1. The maximum absolute atomic E-state index is 13.1. The van der Waals surface area contributed by atoms with E-state index in [1.807, 2.05) is 13.0 Å². The third-order valence-electron chi connectivity index (χ3n) is 4.66. The lowest BCUT2D eigenvalue weighted by atomic mass is 10.3. The zero-order chi connectivity index (χ0) is 23.4. The quantitative estimate of drug-likeness (QED) is 0.352. The monoisotopic (exact) mass is 484 g/mol. The first-order valence-electron chi connectivity index (χ1n) is 10.0. The van der Waals surface area contributed by atoms with Crippen molar-refractivity contribution in [2.75, 3.05) is 23.8 Å². The second-order valence-corrected chi connectivity index (χ2v) is 8.98. The van der Waals surface area contributed by atoms with Crippen molar-refractivity contribution in [3.63, 3.8) is 0 Å². The van der Waals surface area contributed by atoms with E-state index < -0.39 is 10.0 Å². The van der Waals surface area contributed by atoms with Gasteiger partial charge in [0.1, 0.15) is 11.5 Å². The van der Waals surface area contributed by atoms with E-state index in [2.05, 4.69) is 20.0 Å². The van der Waals surface area contributed by atoms with E-state index in [4.69, 9.17) is 21.1 Å². The van der Waals surface area contributed by atoms with Crippen LogP contribution in [0.15, 0.2) is 71.6 Å². The lowest BCUT2D eigenvalue weighted by Gasteiger charge is -2.14. The molecular weight excluding hydrogens is 464 g/mol. The highest BCUT2D eigenvalue weighted by molar-refractivity contribution is 7.92. The lowest BCUT2D eigenvalue weighted by Crippen LogP contribution is -2.16. The molecule has 0 spiro atoms. The summed E-state index contributed by atoms with van der Waals surface area (Å²) in [6, 6.07) is 18.4. The molecule has 0 aliphatic rings. The zero-order valence-electron chi connectivity index (χ0n) is 17.9. The van der Waals surface area contributed by atoms with E-state index in [0.717, 1.165) is 0 Å². The third-order valence-corrected chi connectivity index (χ3v) is 6.31. The summed E-state index contributed by atoms with van der Waals surface area (Å²) in [5.41, 5.74) is 1.73. The van der Waals surface area contributed by atoms with Crippen molar-refractivity contribution in [2.24, 2.45) is 0 Å². The van der Waals surface area contributed by atoms with Crippen molar-refractivity contribution in [2.45, 2.75) is 11.8 Å². The van der Waals surface area contributed by atoms with Gasteiger partial charge in [-0.2, -0.15) is 0 Å². The number of fused-ring (bicyclic) bond motifs is 1. The molecule has 0 aliphatic heterocycles. The summed E-state index contributed by atoms with van der Waals surface area (Å²) >= 11 is 6.23. The molecule has 0 atom stereocenters. The number of nitrogens with one attached hydrogen (secondary N) is 2. The standard InChI is InChI=1S/C23H21ClN4O4S/c1-3-32-16-9-11-17(12-10-16)33(29,30)28-23-22(26-19-6-4-5-7-20(19)27-23)25-15-8-13-21(31-2)18(24)14-15/h4-14H,3H2,1-2H3,(H,25,26)(H,27,28). The van der Waals surface area contributed by atoms with Gasteiger partial charge >= 0.3 is 0 Å². The van der Waals surface area contributed by atoms with Crippen LogP contribution in [-0.4, -0.2) is 32.1 Å². The van der Waals surface area contributed by atoms with Gasteiger partial charge in [-0.1, -0.05) is 23.7 Å². The Kier molecular flexibility index (Phi) is 6.52. The van der Waals surface area contributed by atoms with Gasteiger partial charge in [-0.05, 0) is 61.5 Å². The summed E-state index contributed by atoms with van der Waals surface area (Å²) in [4.78, 5) is 9.12. The Labute approximate surface area is 196 Å². The molecule has 0 amide bonds. The van der Waals surface area contributed by atoms with Gasteiger partial charge in [0, 0.05) is 5.69 Å². The normalized spacial score (nSPS) is 11.2. The first kappa shape index (κ1) is 22.6. The molecular formula is C23H21ClN4O4S. The Bertz CT molecular complexity index is 1400. The number of rotatable bonds is 8. The van der Waals surface area contributed by atoms with Gasteiger partial charge in [0.15, 0.2) is 11.6 Å². The SMILES string of the molecule is CCOc1ccc(S(=O)(=O)Nc2nc3ccccc3nc2Nc2ccc(OC)c(Cl)c2)cc1. The number of benzene rings is 3. The number of nitrogens with zero attached hydrogens (tertiary/aromatic N) is 2. The van der Waals surface area contributed by atoms with Gasteiger partial charge < -0.3 is 14.8 Å². The highest BCUT2D eigenvalue weighted by Gasteiger charge is 2.19. The first-order valence-corrected chi connectivity index (χ1v) is 11.9. The highest BCUT2D eigenvalue weighted by atomic mass is 35.5. The van der Waals surface area contributed by atoms with Gasteiger partial charge in [-0.15, -0.1) is 0 Å². The van der Waals surface area contributed by atoms with Crippen LogP contribution in [0.3, 0.4) is 0 Å². The largest absolute Gasteiger partial charge is 0.495 e. The average molecular weight is 485 g/mol. The van der Waals surface area contributed by atoms with Gasteiger partial charge in [-0.3, -0.25) is 4.72 Å². The van der Waals surface area contributed by atoms with Crippen LogP contribution in [0.2, 0.25) is 5.02 Å².